The summed E-state index contributed by atoms with van der Waals surface area (Å²) in [5.41, 5.74) is 7.28. The molecule has 0 unspecified atom stereocenters. The van der Waals surface area contributed by atoms with E-state index in [-0.39, 0.29) is 11.7 Å². The second kappa shape index (κ2) is 6.16. The molecule has 1 aromatic carbocycles. The minimum atomic E-state index is 0.168. The van der Waals surface area contributed by atoms with Gasteiger partial charge in [-0.2, -0.15) is 0 Å². The molecule has 0 saturated heterocycles. The Morgan fingerprint density at radius 3 is 3.00 bits per heavy atom. The Balaban J connectivity index is 2.69. The van der Waals surface area contributed by atoms with E-state index in [1.807, 2.05) is 36.4 Å². The van der Waals surface area contributed by atoms with Gasteiger partial charge in [0.1, 0.15) is 0 Å². The standard InChI is InChI=1S/C11H14N2OS/c12-11(15)13-10-6-3-5-9(8-10)4-1-2-7-14/h1,3-6,8,14H,2,7H2,(H3,12,13,15). The largest absolute Gasteiger partial charge is 0.396 e. The molecule has 0 bridgehead atoms. The minimum absolute atomic E-state index is 0.168. The SMILES string of the molecule is NC(=S)Nc1cccc(C=CCCO)c1. The fourth-order valence-electron chi connectivity index (χ4n) is 1.16. The van der Waals surface area contributed by atoms with Crippen molar-refractivity contribution in [1.29, 1.82) is 0 Å². The molecule has 3 nitrogen and oxygen atoms in total. The number of aliphatic hydroxyl groups excluding tert-OH is 1. The number of nitrogens with one attached hydrogen (secondary N) is 1. The van der Waals surface area contributed by atoms with E-state index in [1.54, 1.807) is 0 Å². The smallest absolute Gasteiger partial charge is 0.168 e. The van der Waals surface area contributed by atoms with Crippen molar-refractivity contribution in [2.75, 3.05) is 11.9 Å². The molecule has 0 fully saturated rings. The molecule has 0 spiro atoms. The molecule has 1 aromatic rings. The molecular weight excluding hydrogens is 208 g/mol. The summed E-state index contributed by atoms with van der Waals surface area (Å²) in [5.74, 6) is 0. The molecule has 80 valence electrons. The van der Waals surface area contributed by atoms with E-state index in [0.29, 0.717) is 6.42 Å². The number of rotatable bonds is 4. The van der Waals surface area contributed by atoms with Gasteiger partial charge in [0.05, 0.1) is 0 Å². The Morgan fingerprint density at radius 2 is 2.33 bits per heavy atom. The van der Waals surface area contributed by atoms with Crippen molar-refractivity contribution in [3.63, 3.8) is 0 Å². The first-order valence-corrected chi connectivity index (χ1v) is 5.07. The number of aliphatic hydroxyl groups is 1. The van der Waals surface area contributed by atoms with Gasteiger partial charge in [-0.15, -0.1) is 0 Å². The fourth-order valence-corrected chi connectivity index (χ4v) is 1.27. The maximum absolute atomic E-state index is 8.62. The Bertz CT molecular complexity index is 363. The second-order valence-corrected chi connectivity index (χ2v) is 3.47. The Hall–Kier alpha value is -1.39. The van der Waals surface area contributed by atoms with Gasteiger partial charge in [-0.1, -0.05) is 24.3 Å². The number of thiocarbonyl (C=S) groups is 1. The maximum Gasteiger partial charge on any atom is 0.168 e. The van der Waals surface area contributed by atoms with Crippen LogP contribution in [0.25, 0.3) is 6.08 Å². The van der Waals surface area contributed by atoms with E-state index in [9.17, 15) is 0 Å². The topological polar surface area (TPSA) is 58.3 Å². The van der Waals surface area contributed by atoms with Crippen molar-refractivity contribution < 1.29 is 5.11 Å². The van der Waals surface area contributed by atoms with Crippen LogP contribution in [0, 0.1) is 0 Å². The Labute approximate surface area is 94.6 Å². The molecule has 0 amide bonds. The van der Waals surface area contributed by atoms with Crippen LogP contribution in [-0.4, -0.2) is 16.8 Å². The van der Waals surface area contributed by atoms with Crippen molar-refractivity contribution >= 4 is 29.1 Å². The van der Waals surface area contributed by atoms with E-state index < -0.39 is 0 Å². The van der Waals surface area contributed by atoms with Gasteiger partial charge in [0.25, 0.3) is 0 Å². The lowest BCUT2D eigenvalue weighted by atomic mass is 10.2. The third kappa shape index (κ3) is 4.58. The molecule has 15 heavy (non-hydrogen) atoms. The molecule has 0 aliphatic heterocycles. The molecule has 0 aliphatic carbocycles. The Kier molecular flexibility index (Phi) is 4.80. The van der Waals surface area contributed by atoms with Crippen molar-refractivity contribution in [3.05, 3.63) is 35.9 Å². The highest BCUT2D eigenvalue weighted by atomic mass is 32.1. The van der Waals surface area contributed by atoms with Crippen LogP contribution >= 0.6 is 12.2 Å². The monoisotopic (exact) mass is 222 g/mol. The van der Waals surface area contributed by atoms with Crippen LogP contribution in [-0.2, 0) is 0 Å². The molecular formula is C11H14N2OS. The lowest BCUT2D eigenvalue weighted by Crippen LogP contribution is -2.18. The molecule has 0 aromatic heterocycles. The Morgan fingerprint density at radius 1 is 1.53 bits per heavy atom. The van der Waals surface area contributed by atoms with Gasteiger partial charge < -0.3 is 16.2 Å². The van der Waals surface area contributed by atoms with E-state index in [4.69, 9.17) is 23.1 Å². The van der Waals surface area contributed by atoms with Crippen LogP contribution in [0.3, 0.4) is 0 Å². The number of nitrogens with two attached hydrogens (primary N) is 1. The predicted octanol–water partition coefficient (Wildman–Crippen LogP) is 1.74. The summed E-state index contributed by atoms with van der Waals surface area (Å²) in [7, 11) is 0. The zero-order valence-electron chi connectivity index (χ0n) is 8.31. The summed E-state index contributed by atoms with van der Waals surface area (Å²) in [6, 6.07) is 7.72. The highest BCUT2D eigenvalue weighted by Gasteiger charge is 1.93. The summed E-state index contributed by atoms with van der Waals surface area (Å²) >= 11 is 4.74. The maximum atomic E-state index is 8.62. The number of hydrogen-bond acceptors (Lipinski definition) is 2. The zero-order chi connectivity index (χ0) is 11.1. The summed E-state index contributed by atoms with van der Waals surface area (Å²) in [6.07, 6.45) is 4.52. The van der Waals surface area contributed by atoms with Crippen molar-refractivity contribution in [3.8, 4) is 0 Å². The first kappa shape index (κ1) is 11.7. The lowest BCUT2D eigenvalue weighted by Gasteiger charge is -2.03. The van der Waals surface area contributed by atoms with E-state index >= 15 is 0 Å². The lowest BCUT2D eigenvalue weighted by molar-refractivity contribution is 0.303. The van der Waals surface area contributed by atoms with Gasteiger partial charge in [-0.05, 0) is 36.3 Å². The molecule has 0 saturated carbocycles. The number of hydrogen-bond donors (Lipinski definition) is 3. The third-order valence-electron chi connectivity index (χ3n) is 1.76. The van der Waals surface area contributed by atoms with Crippen molar-refractivity contribution in [2.24, 2.45) is 5.73 Å². The quantitative estimate of drug-likeness (QED) is 0.679. The van der Waals surface area contributed by atoms with Crippen LogP contribution in [0.2, 0.25) is 0 Å². The van der Waals surface area contributed by atoms with Crippen LogP contribution < -0.4 is 11.1 Å². The van der Waals surface area contributed by atoms with Crippen LogP contribution in [0.4, 0.5) is 5.69 Å². The van der Waals surface area contributed by atoms with Crippen LogP contribution in [0.15, 0.2) is 30.3 Å². The summed E-state index contributed by atoms with van der Waals surface area (Å²) in [6.45, 7) is 0.168. The van der Waals surface area contributed by atoms with Gasteiger partial charge in [0.15, 0.2) is 5.11 Å². The van der Waals surface area contributed by atoms with Crippen molar-refractivity contribution in [1.82, 2.24) is 0 Å². The average molecular weight is 222 g/mol. The van der Waals surface area contributed by atoms with Gasteiger partial charge in [-0.3, -0.25) is 0 Å². The van der Waals surface area contributed by atoms with Crippen LogP contribution in [0.1, 0.15) is 12.0 Å². The minimum Gasteiger partial charge on any atom is -0.396 e. The number of anilines is 1. The molecule has 4 N–H and O–H groups in total. The molecule has 0 atom stereocenters. The zero-order valence-corrected chi connectivity index (χ0v) is 9.13. The molecule has 1 rings (SSSR count). The van der Waals surface area contributed by atoms with E-state index in [1.165, 1.54) is 0 Å². The number of benzene rings is 1. The first-order valence-electron chi connectivity index (χ1n) is 4.66. The second-order valence-electron chi connectivity index (χ2n) is 3.03. The fraction of sp³-hybridized carbons (Fsp3) is 0.182. The van der Waals surface area contributed by atoms with E-state index in [0.717, 1.165) is 11.3 Å². The molecule has 0 radical (unpaired) electrons. The highest BCUT2D eigenvalue weighted by molar-refractivity contribution is 7.80. The molecule has 4 heteroatoms. The first-order chi connectivity index (χ1) is 7.22. The summed E-state index contributed by atoms with van der Waals surface area (Å²) < 4.78 is 0. The third-order valence-corrected chi connectivity index (χ3v) is 1.86. The normalized spacial score (nSPS) is 10.5. The van der Waals surface area contributed by atoms with Crippen molar-refractivity contribution in [2.45, 2.75) is 6.42 Å². The summed E-state index contributed by atoms with van der Waals surface area (Å²) in [4.78, 5) is 0. The molecule has 0 heterocycles. The average Bonchev–Trinajstić information content (AvgIpc) is 2.18. The van der Waals surface area contributed by atoms with Crippen LogP contribution in [0.5, 0.6) is 0 Å². The van der Waals surface area contributed by atoms with Gasteiger partial charge in [0, 0.05) is 12.3 Å². The molecule has 0 aliphatic rings. The summed E-state index contributed by atoms with van der Waals surface area (Å²) in [5, 5.41) is 11.7. The highest BCUT2D eigenvalue weighted by Crippen LogP contribution is 2.11. The van der Waals surface area contributed by atoms with E-state index in [2.05, 4.69) is 5.32 Å². The van der Waals surface area contributed by atoms with Gasteiger partial charge >= 0.3 is 0 Å². The van der Waals surface area contributed by atoms with Gasteiger partial charge in [0.2, 0.25) is 0 Å². The van der Waals surface area contributed by atoms with Gasteiger partial charge in [-0.25, -0.2) is 0 Å². The predicted molar refractivity (Wildman–Crippen MR) is 67.6 cm³/mol.